The van der Waals surface area contributed by atoms with Gasteiger partial charge in [0.1, 0.15) is 5.82 Å². The maximum absolute atomic E-state index is 10.8. The number of piperidine rings is 1. The summed E-state index contributed by atoms with van der Waals surface area (Å²) in [4.78, 5) is 6.43. The molecule has 1 aromatic rings. The molecular formula is C10H16N4O2S. The van der Waals surface area contributed by atoms with Crippen LogP contribution in [0, 0.1) is 0 Å². The summed E-state index contributed by atoms with van der Waals surface area (Å²) in [5.74, 6) is 0.879. The molecule has 17 heavy (non-hydrogen) atoms. The fourth-order valence-corrected chi connectivity index (χ4v) is 2.37. The van der Waals surface area contributed by atoms with E-state index in [-0.39, 0.29) is 0 Å². The van der Waals surface area contributed by atoms with Gasteiger partial charge in [0.15, 0.2) is 0 Å². The molecule has 2 rings (SSSR count). The number of aromatic nitrogens is 1. The van der Waals surface area contributed by atoms with Crippen molar-refractivity contribution < 1.29 is 8.42 Å². The van der Waals surface area contributed by atoms with Crippen molar-refractivity contribution in [2.45, 2.75) is 19.3 Å². The first kappa shape index (κ1) is 12.1. The monoisotopic (exact) mass is 256 g/mol. The summed E-state index contributed by atoms with van der Waals surface area (Å²) in [6.07, 6.45) is 5.10. The zero-order valence-corrected chi connectivity index (χ0v) is 10.3. The Morgan fingerprint density at radius 2 is 1.94 bits per heavy atom. The number of nitrogens with two attached hydrogens (primary N) is 1. The fourth-order valence-electron chi connectivity index (χ4n) is 1.92. The third-order valence-corrected chi connectivity index (χ3v) is 3.21. The minimum absolute atomic E-state index is 0.383. The Hall–Kier alpha value is -1.34. The summed E-state index contributed by atoms with van der Waals surface area (Å²) in [7, 11) is -3.72. The summed E-state index contributed by atoms with van der Waals surface area (Å²) in [6, 6.07) is 3.47. The number of rotatable bonds is 3. The molecule has 0 atom stereocenters. The van der Waals surface area contributed by atoms with Gasteiger partial charge >= 0.3 is 0 Å². The highest BCUT2D eigenvalue weighted by atomic mass is 32.2. The van der Waals surface area contributed by atoms with Crippen LogP contribution in [-0.4, -0.2) is 26.5 Å². The number of nitrogens with one attached hydrogen (secondary N) is 1. The second-order valence-corrected chi connectivity index (χ2v) is 5.39. The van der Waals surface area contributed by atoms with Crippen molar-refractivity contribution in [1.82, 2.24) is 4.98 Å². The van der Waals surface area contributed by atoms with Gasteiger partial charge in [0.05, 0.1) is 11.9 Å². The average molecular weight is 256 g/mol. The molecule has 0 aliphatic carbocycles. The molecule has 94 valence electrons. The smallest absolute Gasteiger partial charge is 0.296 e. The second-order valence-electron chi connectivity index (χ2n) is 4.10. The molecule has 2 heterocycles. The minimum Gasteiger partial charge on any atom is -0.357 e. The third kappa shape index (κ3) is 3.57. The molecule has 0 amide bonds. The molecule has 0 radical (unpaired) electrons. The van der Waals surface area contributed by atoms with Crippen molar-refractivity contribution in [2.24, 2.45) is 5.14 Å². The maximum atomic E-state index is 10.8. The molecule has 1 saturated heterocycles. The molecule has 0 spiro atoms. The number of hydrogen-bond donors (Lipinski definition) is 2. The van der Waals surface area contributed by atoms with E-state index < -0.39 is 10.2 Å². The normalized spacial score (nSPS) is 16.9. The van der Waals surface area contributed by atoms with E-state index in [1.54, 1.807) is 12.1 Å². The van der Waals surface area contributed by atoms with Crippen LogP contribution in [0.25, 0.3) is 0 Å². The van der Waals surface area contributed by atoms with Crippen LogP contribution in [0.2, 0.25) is 0 Å². The molecule has 0 bridgehead atoms. The molecule has 0 unspecified atom stereocenters. The molecule has 7 heteroatoms. The first-order valence-corrected chi connectivity index (χ1v) is 7.11. The largest absolute Gasteiger partial charge is 0.357 e. The predicted octanol–water partition coefficient (Wildman–Crippen LogP) is 0.687. The van der Waals surface area contributed by atoms with Crippen LogP contribution in [-0.2, 0) is 10.2 Å². The van der Waals surface area contributed by atoms with Crippen molar-refractivity contribution in [2.75, 3.05) is 22.7 Å². The van der Waals surface area contributed by atoms with Crippen molar-refractivity contribution in [3.8, 4) is 0 Å². The minimum atomic E-state index is -3.72. The van der Waals surface area contributed by atoms with E-state index in [0.717, 1.165) is 18.9 Å². The molecule has 0 aromatic carbocycles. The van der Waals surface area contributed by atoms with Crippen LogP contribution in [0.3, 0.4) is 0 Å². The van der Waals surface area contributed by atoms with Crippen molar-refractivity contribution in [3.63, 3.8) is 0 Å². The van der Waals surface area contributed by atoms with Crippen LogP contribution in [0.15, 0.2) is 18.3 Å². The summed E-state index contributed by atoms with van der Waals surface area (Å²) in [5.41, 5.74) is 0.383. The molecule has 1 aliphatic heterocycles. The molecule has 1 aromatic heterocycles. The maximum Gasteiger partial charge on any atom is 0.296 e. The molecular weight excluding hydrogens is 240 g/mol. The quantitative estimate of drug-likeness (QED) is 0.832. The van der Waals surface area contributed by atoms with Crippen molar-refractivity contribution in [3.05, 3.63) is 18.3 Å². The standard InChI is InChI=1S/C10H16N4O2S/c11-17(15,16)13-9-4-5-10(12-8-9)14-6-2-1-3-7-14/h4-5,8,13H,1-3,6-7H2,(H2,11,15,16). The highest BCUT2D eigenvalue weighted by Gasteiger charge is 2.12. The Morgan fingerprint density at radius 3 is 2.47 bits per heavy atom. The average Bonchev–Trinajstić information content (AvgIpc) is 2.29. The van der Waals surface area contributed by atoms with E-state index in [9.17, 15) is 8.42 Å². The molecule has 6 nitrogen and oxygen atoms in total. The second kappa shape index (κ2) is 4.89. The van der Waals surface area contributed by atoms with Gasteiger partial charge in [-0.2, -0.15) is 8.42 Å². The lowest BCUT2D eigenvalue weighted by Crippen LogP contribution is -2.30. The number of nitrogens with zero attached hydrogens (tertiary/aromatic N) is 2. The lowest BCUT2D eigenvalue weighted by atomic mass is 10.1. The first-order chi connectivity index (χ1) is 8.04. The van der Waals surface area contributed by atoms with Gasteiger partial charge in [0.25, 0.3) is 10.2 Å². The van der Waals surface area contributed by atoms with Gasteiger partial charge in [-0.25, -0.2) is 10.1 Å². The van der Waals surface area contributed by atoms with E-state index in [1.807, 2.05) is 0 Å². The van der Waals surface area contributed by atoms with E-state index >= 15 is 0 Å². The number of hydrogen-bond acceptors (Lipinski definition) is 4. The molecule has 1 aliphatic rings. The number of anilines is 2. The highest BCUT2D eigenvalue weighted by molar-refractivity contribution is 7.90. The van der Waals surface area contributed by atoms with Crippen LogP contribution < -0.4 is 14.8 Å². The van der Waals surface area contributed by atoms with Crippen LogP contribution in [0.5, 0.6) is 0 Å². The molecule has 3 N–H and O–H groups in total. The summed E-state index contributed by atoms with van der Waals surface area (Å²) in [6.45, 7) is 2.02. The summed E-state index contributed by atoms with van der Waals surface area (Å²) < 4.78 is 23.8. The zero-order chi connectivity index (χ0) is 12.3. The van der Waals surface area contributed by atoms with Gasteiger partial charge in [-0.1, -0.05) is 0 Å². The van der Waals surface area contributed by atoms with Crippen molar-refractivity contribution in [1.29, 1.82) is 0 Å². The Kier molecular flexibility index (Phi) is 3.49. The Bertz CT molecular complexity index is 466. The summed E-state index contributed by atoms with van der Waals surface area (Å²) in [5, 5.41) is 4.87. The highest BCUT2D eigenvalue weighted by Crippen LogP contribution is 2.18. The van der Waals surface area contributed by atoms with Crippen LogP contribution in [0.1, 0.15) is 19.3 Å². The lowest BCUT2D eigenvalue weighted by molar-refractivity contribution is 0.573. The van der Waals surface area contributed by atoms with Crippen molar-refractivity contribution >= 4 is 21.7 Å². The zero-order valence-electron chi connectivity index (χ0n) is 9.46. The van der Waals surface area contributed by atoms with E-state index in [2.05, 4.69) is 14.6 Å². The van der Waals surface area contributed by atoms with Gasteiger partial charge in [0.2, 0.25) is 0 Å². The van der Waals surface area contributed by atoms with Gasteiger partial charge in [-0.15, -0.1) is 0 Å². The van der Waals surface area contributed by atoms with E-state index in [0.29, 0.717) is 5.69 Å². The molecule has 0 saturated carbocycles. The van der Waals surface area contributed by atoms with Crippen LogP contribution in [0.4, 0.5) is 11.5 Å². The van der Waals surface area contributed by atoms with Gasteiger partial charge in [-0.3, -0.25) is 4.72 Å². The summed E-state index contributed by atoms with van der Waals surface area (Å²) >= 11 is 0. The third-order valence-electron chi connectivity index (χ3n) is 2.69. The Labute approximate surface area is 101 Å². The SMILES string of the molecule is NS(=O)(=O)Nc1ccc(N2CCCCC2)nc1. The fraction of sp³-hybridized carbons (Fsp3) is 0.500. The first-order valence-electron chi connectivity index (χ1n) is 5.56. The Morgan fingerprint density at radius 1 is 1.24 bits per heavy atom. The van der Waals surface area contributed by atoms with Gasteiger partial charge in [0, 0.05) is 13.1 Å². The van der Waals surface area contributed by atoms with E-state index in [1.165, 1.54) is 25.5 Å². The van der Waals surface area contributed by atoms with Gasteiger partial charge < -0.3 is 4.90 Å². The topological polar surface area (TPSA) is 88.3 Å². The molecule has 1 fully saturated rings. The van der Waals surface area contributed by atoms with Gasteiger partial charge in [-0.05, 0) is 31.4 Å². The van der Waals surface area contributed by atoms with E-state index in [4.69, 9.17) is 5.14 Å². The Balaban J connectivity index is 2.07. The lowest BCUT2D eigenvalue weighted by Gasteiger charge is -2.27. The van der Waals surface area contributed by atoms with Crippen LogP contribution >= 0.6 is 0 Å². The number of pyridine rings is 1. The predicted molar refractivity (Wildman–Crippen MR) is 67.0 cm³/mol.